The molecule has 0 aliphatic heterocycles. The van der Waals surface area contributed by atoms with E-state index in [1.54, 1.807) is 12.1 Å². The first-order valence-corrected chi connectivity index (χ1v) is 8.56. The molecule has 0 radical (unpaired) electrons. The van der Waals surface area contributed by atoms with Crippen LogP contribution in [0.2, 0.25) is 0 Å². The van der Waals surface area contributed by atoms with Crippen molar-refractivity contribution in [2.75, 3.05) is 10.6 Å². The van der Waals surface area contributed by atoms with Gasteiger partial charge in [0.1, 0.15) is 11.4 Å². The van der Waals surface area contributed by atoms with Gasteiger partial charge in [-0.15, -0.1) is 0 Å². The van der Waals surface area contributed by atoms with E-state index in [-0.39, 0.29) is 17.1 Å². The smallest absolute Gasteiger partial charge is 0.321 e. The zero-order valence-electron chi connectivity index (χ0n) is 15.2. The first kappa shape index (κ1) is 20.1. The topological polar surface area (TPSA) is 71.1 Å². The van der Waals surface area contributed by atoms with Crippen molar-refractivity contribution in [2.24, 2.45) is 0 Å². The second kappa shape index (κ2) is 8.14. The maximum Gasteiger partial charge on any atom is 0.416 e. The molecule has 2 amide bonds. The summed E-state index contributed by atoms with van der Waals surface area (Å²) in [5, 5.41) is 5.14. The molecule has 0 saturated carbocycles. The quantitative estimate of drug-likeness (QED) is 0.655. The summed E-state index contributed by atoms with van der Waals surface area (Å²) in [5.74, 6) is -1.13. The lowest BCUT2D eigenvalue weighted by atomic mass is 10.2. The molecule has 29 heavy (non-hydrogen) atoms. The van der Waals surface area contributed by atoms with Gasteiger partial charge >= 0.3 is 6.18 Å². The predicted molar refractivity (Wildman–Crippen MR) is 103 cm³/mol. The third-order valence-electron chi connectivity index (χ3n) is 3.99. The van der Waals surface area contributed by atoms with Crippen LogP contribution in [-0.2, 0) is 6.18 Å². The number of pyridine rings is 1. The largest absolute Gasteiger partial charge is 0.416 e. The van der Waals surface area contributed by atoms with Crippen LogP contribution >= 0.6 is 0 Å². The van der Waals surface area contributed by atoms with Crippen molar-refractivity contribution < 1.29 is 22.8 Å². The van der Waals surface area contributed by atoms with Crippen LogP contribution in [-0.4, -0.2) is 16.8 Å². The number of nitrogens with zero attached hydrogens (tertiary/aromatic N) is 1. The molecular formula is C21H16F3N3O2. The summed E-state index contributed by atoms with van der Waals surface area (Å²) < 4.78 is 37.8. The number of alkyl halides is 3. The van der Waals surface area contributed by atoms with E-state index >= 15 is 0 Å². The van der Waals surface area contributed by atoms with Gasteiger partial charge in [-0.3, -0.25) is 9.59 Å². The minimum absolute atomic E-state index is 0.0330. The molecule has 2 N–H and O–H groups in total. The number of hydrogen-bond donors (Lipinski definition) is 2. The van der Waals surface area contributed by atoms with Crippen molar-refractivity contribution in [3.63, 3.8) is 0 Å². The molecule has 0 bridgehead atoms. The fourth-order valence-electron chi connectivity index (χ4n) is 2.46. The number of amides is 2. The first-order valence-electron chi connectivity index (χ1n) is 8.56. The van der Waals surface area contributed by atoms with Crippen molar-refractivity contribution in [1.82, 2.24) is 4.98 Å². The van der Waals surface area contributed by atoms with E-state index in [0.29, 0.717) is 5.69 Å². The monoisotopic (exact) mass is 399 g/mol. The van der Waals surface area contributed by atoms with Gasteiger partial charge in [-0.05, 0) is 55.5 Å². The normalized spacial score (nSPS) is 11.0. The van der Waals surface area contributed by atoms with E-state index in [1.165, 1.54) is 18.2 Å². The molecule has 0 aliphatic carbocycles. The van der Waals surface area contributed by atoms with Crippen LogP contribution in [0.4, 0.5) is 24.5 Å². The van der Waals surface area contributed by atoms with Crippen molar-refractivity contribution in [3.05, 3.63) is 89.2 Å². The molecule has 0 atom stereocenters. The van der Waals surface area contributed by atoms with Crippen LogP contribution < -0.4 is 10.6 Å². The molecule has 1 aromatic heterocycles. The molecule has 0 saturated heterocycles. The van der Waals surface area contributed by atoms with E-state index in [0.717, 1.165) is 29.8 Å². The number of hydrogen-bond acceptors (Lipinski definition) is 3. The Kier molecular flexibility index (Phi) is 5.63. The summed E-state index contributed by atoms with van der Waals surface area (Å²) in [6.45, 7) is 1.92. The third-order valence-corrected chi connectivity index (χ3v) is 3.99. The Morgan fingerprint density at radius 1 is 0.759 bits per heavy atom. The number of nitrogens with one attached hydrogen (secondary N) is 2. The standard InChI is InChI=1S/C21H16F3N3O2/c1-13-5-9-15(10-6-13)25-19(28)17-3-2-4-18(27-17)20(29)26-16-11-7-14(8-12-16)21(22,23)24/h2-12H,1H3,(H,25,28)(H,26,29). The van der Waals surface area contributed by atoms with E-state index in [4.69, 9.17) is 0 Å². The first-order chi connectivity index (χ1) is 13.7. The minimum atomic E-state index is -4.46. The Morgan fingerprint density at radius 2 is 1.21 bits per heavy atom. The number of aryl methyl sites for hydroxylation is 1. The zero-order chi connectivity index (χ0) is 21.0. The van der Waals surface area contributed by atoms with Crippen LogP contribution in [0.15, 0.2) is 66.7 Å². The molecule has 3 aromatic rings. The number of aromatic nitrogens is 1. The van der Waals surface area contributed by atoms with Crippen LogP contribution in [0.25, 0.3) is 0 Å². The lowest BCUT2D eigenvalue weighted by molar-refractivity contribution is -0.137. The number of rotatable bonds is 4. The maximum absolute atomic E-state index is 12.6. The van der Waals surface area contributed by atoms with Gasteiger partial charge in [0.05, 0.1) is 5.56 Å². The Balaban J connectivity index is 1.70. The summed E-state index contributed by atoms with van der Waals surface area (Å²) in [4.78, 5) is 28.7. The molecular weight excluding hydrogens is 383 g/mol. The highest BCUT2D eigenvalue weighted by Gasteiger charge is 2.30. The highest BCUT2D eigenvalue weighted by atomic mass is 19.4. The number of carbonyl (C=O) groups excluding carboxylic acids is 2. The van der Waals surface area contributed by atoms with Crippen molar-refractivity contribution in [2.45, 2.75) is 13.1 Å². The highest BCUT2D eigenvalue weighted by molar-refractivity contribution is 6.06. The van der Waals surface area contributed by atoms with Gasteiger partial charge < -0.3 is 10.6 Å². The van der Waals surface area contributed by atoms with Gasteiger partial charge in [-0.25, -0.2) is 4.98 Å². The number of anilines is 2. The zero-order valence-corrected chi connectivity index (χ0v) is 15.2. The van der Waals surface area contributed by atoms with Gasteiger partial charge in [0.15, 0.2) is 0 Å². The fraction of sp³-hybridized carbons (Fsp3) is 0.0952. The summed E-state index contributed by atoms with van der Waals surface area (Å²) in [6, 6.07) is 15.6. The molecule has 0 fully saturated rings. The lowest BCUT2D eigenvalue weighted by Gasteiger charge is -2.09. The van der Waals surface area contributed by atoms with E-state index in [9.17, 15) is 22.8 Å². The van der Waals surface area contributed by atoms with Crippen molar-refractivity contribution in [3.8, 4) is 0 Å². The summed E-state index contributed by atoms with van der Waals surface area (Å²) in [6.07, 6.45) is -4.46. The molecule has 2 aromatic carbocycles. The predicted octanol–water partition coefficient (Wildman–Crippen LogP) is 4.91. The number of benzene rings is 2. The van der Waals surface area contributed by atoms with Gasteiger partial charge in [0.2, 0.25) is 0 Å². The Morgan fingerprint density at radius 3 is 1.66 bits per heavy atom. The lowest BCUT2D eigenvalue weighted by Crippen LogP contribution is -2.18. The maximum atomic E-state index is 12.6. The van der Waals surface area contributed by atoms with E-state index in [2.05, 4.69) is 15.6 Å². The van der Waals surface area contributed by atoms with Gasteiger partial charge in [-0.1, -0.05) is 23.8 Å². The van der Waals surface area contributed by atoms with Crippen LogP contribution in [0.1, 0.15) is 32.1 Å². The van der Waals surface area contributed by atoms with Crippen LogP contribution in [0.5, 0.6) is 0 Å². The SMILES string of the molecule is Cc1ccc(NC(=O)c2cccc(C(=O)Nc3ccc(C(F)(F)F)cc3)n2)cc1. The van der Waals surface area contributed by atoms with Crippen molar-refractivity contribution >= 4 is 23.2 Å². The fourth-order valence-corrected chi connectivity index (χ4v) is 2.46. The average molecular weight is 399 g/mol. The van der Waals surface area contributed by atoms with Crippen LogP contribution in [0, 0.1) is 6.92 Å². The highest BCUT2D eigenvalue weighted by Crippen LogP contribution is 2.29. The second-order valence-electron chi connectivity index (χ2n) is 6.26. The molecule has 148 valence electrons. The number of carbonyl (C=O) groups is 2. The minimum Gasteiger partial charge on any atom is -0.321 e. The Hall–Kier alpha value is -3.68. The van der Waals surface area contributed by atoms with Gasteiger partial charge in [0.25, 0.3) is 11.8 Å². The number of halogens is 3. The van der Waals surface area contributed by atoms with Gasteiger partial charge in [0, 0.05) is 11.4 Å². The summed E-state index contributed by atoms with van der Waals surface area (Å²) in [7, 11) is 0. The second-order valence-corrected chi connectivity index (χ2v) is 6.26. The molecule has 0 unspecified atom stereocenters. The summed E-state index contributed by atoms with van der Waals surface area (Å²) in [5.41, 5.74) is 0.986. The average Bonchev–Trinajstić information content (AvgIpc) is 2.69. The van der Waals surface area contributed by atoms with Gasteiger partial charge in [-0.2, -0.15) is 13.2 Å². The summed E-state index contributed by atoms with van der Waals surface area (Å²) >= 11 is 0. The van der Waals surface area contributed by atoms with E-state index < -0.39 is 23.6 Å². The molecule has 0 spiro atoms. The Labute approximate surface area is 164 Å². The van der Waals surface area contributed by atoms with Crippen LogP contribution in [0.3, 0.4) is 0 Å². The molecule has 1 heterocycles. The third kappa shape index (κ3) is 5.19. The Bertz CT molecular complexity index is 1030. The molecule has 5 nitrogen and oxygen atoms in total. The van der Waals surface area contributed by atoms with Crippen molar-refractivity contribution in [1.29, 1.82) is 0 Å². The molecule has 3 rings (SSSR count). The van der Waals surface area contributed by atoms with E-state index in [1.807, 2.05) is 19.1 Å². The molecule has 0 aliphatic rings. The molecule has 8 heteroatoms.